The van der Waals surface area contributed by atoms with E-state index >= 15 is 0 Å². The van der Waals surface area contributed by atoms with Crippen molar-refractivity contribution >= 4 is 17.9 Å². The average molecular weight is 220 g/mol. The van der Waals surface area contributed by atoms with Gasteiger partial charge in [0.15, 0.2) is 0 Å². The van der Waals surface area contributed by atoms with Crippen molar-refractivity contribution in [2.45, 2.75) is 20.8 Å². The molecule has 0 unspecified atom stereocenters. The molecule has 0 aromatic rings. The molecule has 0 spiro atoms. The van der Waals surface area contributed by atoms with Crippen molar-refractivity contribution in [3.63, 3.8) is 0 Å². The molecule has 7 heteroatoms. The number of hydrogen-bond acceptors (Lipinski definition) is 3. The molecule has 0 saturated carbocycles. The summed E-state index contributed by atoms with van der Waals surface area (Å²) in [6.07, 6.45) is 0. The van der Waals surface area contributed by atoms with Crippen LogP contribution in [-0.4, -0.2) is 33.2 Å². The summed E-state index contributed by atoms with van der Waals surface area (Å²) in [5.74, 6) is -2.50. The van der Waals surface area contributed by atoms with Crippen LogP contribution in [0.5, 0.6) is 0 Å². The van der Waals surface area contributed by atoms with Gasteiger partial charge in [-0.15, -0.1) is 0 Å². The van der Waals surface area contributed by atoms with Crippen LogP contribution < -0.4 is 51.4 Å². The number of carbonyl (C=O) groups is 3. The normalized spacial score (nSPS) is 5.77. The molecule has 0 aromatic heterocycles. The van der Waals surface area contributed by atoms with E-state index in [1.807, 2.05) is 0 Å². The Morgan fingerprint density at radius 2 is 0.769 bits per heavy atom. The summed E-state index contributed by atoms with van der Waals surface area (Å²) in [5.41, 5.74) is 0. The van der Waals surface area contributed by atoms with Gasteiger partial charge in [0, 0.05) is 20.8 Å². The fraction of sp³-hybridized carbons (Fsp3) is 0.500. The summed E-state index contributed by atoms with van der Waals surface area (Å²) in [7, 11) is 0. The van der Waals surface area contributed by atoms with E-state index in [1.54, 1.807) is 0 Å². The third kappa shape index (κ3) is 566000. The van der Waals surface area contributed by atoms with E-state index in [-0.39, 0.29) is 52.8 Å². The third-order valence-electron chi connectivity index (χ3n) is 0. The van der Waals surface area contributed by atoms with Gasteiger partial charge in [0.2, 0.25) is 0 Å². The third-order valence-corrected chi connectivity index (χ3v) is 0. The fourth-order valence-corrected chi connectivity index (χ4v) is 0. The van der Waals surface area contributed by atoms with Gasteiger partial charge in [0.1, 0.15) is 0 Å². The van der Waals surface area contributed by atoms with E-state index in [2.05, 4.69) is 0 Å². The monoisotopic (exact) mass is 220 g/mol. The van der Waals surface area contributed by atoms with Crippen LogP contribution in [0.25, 0.3) is 0 Å². The minimum Gasteiger partial charge on any atom is -1.00 e. The molecule has 0 bridgehead atoms. The Morgan fingerprint density at radius 1 is 0.769 bits per heavy atom. The SMILES string of the molecule is CC(=O)O.CC(=O)O.CC(=O)O.[H-].[K+]. The topological polar surface area (TPSA) is 112 Å². The van der Waals surface area contributed by atoms with Crippen molar-refractivity contribution in [1.82, 2.24) is 0 Å². The van der Waals surface area contributed by atoms with Gasteiger partial charge in [-0.25, -0.2) is 0 Å². The Hall–Kier alpha value is 0.0464. The van der Waals surface area contributed by atoms with Gasteiger partial charge in [0.05, 0.1) is 0 Å². The molecule has 0 amide bonds. The first kappa shape index (κ1) is 23.1. The van der Waals surface area contributed by atoms with Crippen LogP contribution >= 0.6 is 0 Å². The Bertz CT molecular complexity index is 120. The minimum atomic E-state index is -0.833. The van der Waals surface area contributed by atoms with Crippen LogP contribution in [-0.2, 0) is 14.4 Å². The number of carboxylic acid groups (broad SMARTS) is 3. The van der Waals surface area contributed by atoms with Gasteiger partial charge in [-0.05, 0) is 0 Å². The van der Waals surface area contributed by atoms with Gasteiger partial charge < -0.3 is 16.7 Å². The maximum absolute atomic E-state index is 9.00. The molecule has 0 aliphatic rings. The van der Waals surface area contributed by atoms with E-state index in [0.29, 0.717) is 0 Å². The van der Waals surface area contributed by atoms with E-state index in [1.165, 1.54) is 0 Å². The molecule has 0 aliphatic heterocycles. The molecule has 0 heterocycles. The van der Waals surface area contributed by atoms with E-state index in [0.717, 1.165) is 20.8 Å². The van der Waals surface area contributed by atoms with Crippen molar-refractivity contribution in [2.75, 3.05) is 0 Å². The Kier molecular flexibility index (Phi) is 32.0. The van der Waals surface area contributed by atoms with Crippen molar-refractivity contribution < 1.29 is 82.5 Å². The molecule has 0 aromatic carbocycles. The molecule has 13 heavy (non-hydrogen) atoms. The molecule has 0 rings (SSSR count). The Balaban J connectivity index is -0.0000000270. The molecule has 0 fully saturated rings. The molecular weight excluding hydrogens is 207 g/mol. The molecule has 74 valence electrons. The first-order chi connectivity index (χ1) is 5.20. The number of hydrogen-bond donors (Lipinski definition) is 3. The van der Waals surface area contributed by atoms with Gasteiger partial charge in [-0.3, -0.25) is 14.4 Å². The second-order valence-corrected chi connectivity index (χ2v) is 1.56. The molecule has 0 atom stereocenters. The molecule has 6 nitrogen and oxygen atoms in total. The maximum Gasteiger partial charge on any atom is 1.00 e. The minimum absolute atomic E-state index is 0. The second kappa shape index (κ2) is 18.0. The van der Waals surface area contributed by atoms with Crippen LogP contribution in [0.4, 0.5) is 0 Å². The number of carboxylic acids is 3. The van der Waals surface area contributed by atoms with Crippen molar-refractivity contribution in [1.29, 1.82) is 0 Å². The van der Waals surface area contributed by atoms with Gasteiger partial charge in [-0.2, -0.15) is 0 Å². The zero-order valence-corrected chi connectivity index (χ0v) is 11.2. The van der Waals surface area contributed by atoms with Crippen LogP contribution in [0.3, 0.4) is 0 Å². The summed E-state index contributed by atoms with van der Waals surface area (Å²) in [4.78, 5) is 27.0. The smallest absolute Gasteiger partial charge is 1.00 e. The molecular formula is C6H13KO6. The molecule has 0 radical (unpaired) electrons. The van der Waals surface area contributed by atoms with Crippen LogP contribution in [0.2, 0.25) is 0 Å². The second-order valence-electron chi connectivity index (χ2n) is 1.56. The average Bonchev–Trinajstić information content (AvgIpc) is 1.54. The van der Waals surface area contributed by atoms with Gasteiger partial charge >= 0.3 is 51.4 Å². The van der Waals surface area contributed by atoms with E-state index in [9.17, 15) is 0 Å². The van der Waals surface area contributed by atoms with Crippen molar-refractivity contribution in [3.05, 3.63) is 0 Å². The zero-order valence-electron chi connectivity index (χ0n) is 9.07. The maximum atomic E-state index is 9.00. The Morgan fingerprint density at radius 3 is 0.769 bits per heavy atom. The van der Waals surface area contributed by atoms with E-state index in [4.69, 9.17) is 29.7 Å². The van der Waals surface area contributed by atoms with E-state index < -0.39 is 17.9 Å². The predicted octanol–water partition coefficient (Wildman–Crippen LogP) is -2.61. The van der Waals surface area contributed by atoms with Gasteiger partial charge in [0.25, 0.3) is 17.9 Å². The fourth-order valence-electron chi connectivity index (χ4n) is 0. The summed E-state index contributed by atoms with van der Waals surface area (Å²) < 4.78 is 0. The van der Waals surface area contributed by atoms with Crippen molar-refractivity contribution in [3.8, 4) is 0 Å². The van der Waals surface area contributed by atoms with Crippen LogP contribution in [0.15, 0.2) is 0 Å². The predicted molar refractivity (Wildman–Crippen MR) is 41.0 cm³/mol. The summed E-state index contributed by atoms with van der Waals surface area (Å²) >= 11 is 0. The van der Waals surface area contributed by atoms with Crippen molar-refractivity contribution in [2.24, 2.45) is 0 Å². The quantitative estimate of drug-likeness (QED) is 0.386. The van der Waals surface area contributed by atoms with Crippen LogP contribution in [0, 0.1) is 0 Å². The summed E-state index contributed by atoms with van der Waals surface area (Å²) in [6.45, 7) is 3.25. The largest absolute Gasteiger partial charge is 1.00 e. The first-order valence-corrected chi connectivity index (χ1v) is 2.78. The Labute approximate surface area is 120 Å². The number of rotatable bonds is 0. The van der Waals surface area contributed by atoms with Gasteiger partial charge in [-0.1, -0.05) is 0 Å². The molecule has 0 aliphatic carbocycles. The molecule has 3 N–H and O–H groups in total. The summed E-state index contributed by atoms with van der Waals surface area (Å²) in [5, 5.41) is 22.2. The summed E-state index contributed by atoms with van der Waals surface area (Å²) in [6, 6.07) is 0. The first-order valence-electron chi connectivity index (χ1n) is 2.78. The van der Waals surface area contributed by atoms with Crippen LogP contribution in [0.1, 0.15) is 22.2 Å². The zero-order chi connectivity index (χ0) is 10.7. The number of aliphatic carboxylic acids is 3. The standard InChI is InChI=1S/3C2H4O2.K.H/c3*1-2(3)4;;/h3*1H3,(H,3,4);;/q;;;+1;-1. The molecule has 0 saturated heterocycles.